The molecule has 0 saturated carbocycles. The van der Waals surface area contributed by atoms with E-state index in [4.69, 9.17) is 25.7 Å². The van der Waals surface area contributed by atoms with Gasteiger partial charge in [0.2, 0.25) is 5.95 Å². The molecule has 2 aromatic rings. The number of fused-ring (bicyclic) bond motifs is 1. The summed E-state index contributed by atoms with van der Waals surface area (Å²) < 4.78 is 17.3. The van der Waals surface area contributed by atoms with Gasteiger partial charge in [-0.2, -0.15) is 4.98 Å². The highest BCUT2D eigenvalue weighted by molar-refractivity contribution is 5.58. The normalized spacial score (nSPS) is 13.2. The summed E-state index contributed by atoms with van der Waals surface area (Å²) >= 11 is 0. The van der Waals surface area contributed by atoms with E-state index < -0.39 is 0 Å². The first-order valence-corrected chi connectivity index (χ1v) is 7.04. The molecule has 1 aromatic heterocycles. The molecule has 0 fully saturated rings. The average Bonchev–Trinajstić information content (AvgIpc) is 2.49. The minimum absolute atomic E-state index is 0.108. The van der Waals surface area contributed by atoms with Crippen LogP contribution in [0.2, 0.25) is 0 Å². The van der Waals surface area contributed by atoms with Crippen molar-refractivity contribution >= 4 is 11.8 Å². The number of hydrogen-bond acceptors (Lipinski definition) is 7. The molecule has 0 amide bonds. The fraction of sp³-hybridized carbons (Fsp3) is 0.333. The first-order valence-electron chi connectivity index (χ1n) is 7.04. The molecule has 0 bridgehead atoms. The van der Waals surface area contributed by atoms with E-state index in [-0.39, 0.29) is 17.7 Å². The van der Waals surface area contributed by atoms with Crippen molar-refractivity contribution in [3.8, 4) is 23.0 Å². The van der Waals surface area contributed by atoms with Gasteiger partial charge >= 0.3 is 0 Å². The van der Waals surface area contributed by atoms with Gasteiger partial charge < -0.3 is 25.7 Å². The summed E-state index contributed by atoms with van der Waals surface area (Å²) in [4.78, 5) is 7.80. The van der Waals surface area contributed by atoms with Gasteiger partial charge in [-0.1, -0.05) is 13.8 Å². The number of ether oxygens (including phenoxy) is 3. The first kappa shape index (κ1) is 14.2. The number of benzene rings is 1. The predicted octanol–water partition coefficient (Wildman–Crippen LogP) is 2.33. The molecule has 22 heavy (non-hydrogen) atoms. The molecule has 0 radical (unpaired) electrons. The van der Waals surface area contributed by atoms with Gasteiger partial charge in [0.15, 0.2) is 23.1 Å². The van der Waals surface area contributed by atoms with E-state index in [1.165, 1.54) is 6.20 Å². The van der Waals surface area contributed by atoms with Crippen LogP contribution in [-0.4, -0.2) is 23.2 Å². The lowest BCUT2D eigenvalue weighted by Gasteiger charge is -2.24. The second-order valence-electron chi connectivity index (χ2n) is 5.24. The molecule has 0 spiro atoms. The van der Waals surface area contributed by atoms with Crippen molar-refractivity contribution in [2.24, 2.45) is 0 Å². The van der Waals surface area contributed by atoms with Crippen molar-refractivity contribution in [3.63, 3.8) is 0 Å². The van der Waals surface area contributed by atoms with Crippen LogP contribution in [0.15, 0.2) is 18.3 Å². The third kappa shape index (κ3) is 2.57. The number of anilines is 2. The lowest BCUT2D eigenvalue weighted by Crippen LogP contribution is -2.17. The van der Waals surface area contributed by atoms with Crippen molar-refractivity contribution in [2.45, 2.75) is 19.8 Å². The summed E-state index contributed by atoms with van der Waals surface area (Å²) in [7, 11) is 0. The van der Waals surface area contributed by atoms with Crippen LogP contribution in [0.1, 0.15) is 25.3 Å². The minimum Gasteiger partial charge on any atom is -0.486 e. The first-order chi connectivity index (χ1) is 10.6. The number of nitrogens with zero attached hydrogens (tertiary/aromatic N) is 2. The molecule has 3 rings (SSSR count). The third-order valence-electron chi connectivity index (χ3n) is 3.31. The number of hydrogen-bond donors (Lipinski definition) is 2. The molecular weight excluding hydrogens is 284 g/mol. The van der Waals surface area contributed by atoms with E-state index in [2.05, 4.69) is 23.8 Å². The topological polar surface area (TPSA) is 106 Å². The molecule has 4 N–H and O–H groups in total. The van der Waals surface area contributed by atoms with E-state index in [9.17, 15) is 0 Å². The van der Waals surface area contributed by atoms with E-state index in [0.717, 1.165) is 11.3 Å². The van der Waals surface area contributed by atoms with Gasteiger partial charge in [0.05, 0.1) is 6.20 Å². The molecule has 0 atom stereocenters. The smallest absolute Gasteiger partial charge is 0.222 e. The van der Waals surface area contributed by atoms with Crippen molar-refractivity contribution in [3.05, 3.63) is 23.9 Å². The van der Waals surface area contributed by atoms with E-state index in [0.29, 0.717) is 30.5 Å². The minimum atomic E-state index is 0.108. The number of nitrogens with two attached hydrogens (primary N) is 2. The highest BCUT2D eigenvalue weighted by Crippen LogP contribution is 2.44. The third-order valence-corrected chi connectivity index (χ3v) is 3.31. The second kappa shape index (κ2) is 5.59. The van der Waals surface area contributed by atoms with Gasteiger partial charge in [0, 0.05) is 5.56 Å². The maximum Gasteiger partial charge on any atom is 0.222 e. The van der Waals surface area contributed by atoms with Crippen LogP contribution in [0, 0.1) is 0 Å². The Labute approximate surface area is 128 Å². The maximum absolute atomic E-state index is 5.88. The Morgan fingerprint density at radius 1 is 1.14 bits per heavy atom. The van der Waals surface area contributed by atoms with Gasteiger partial charge in [-0.25, -0.2) is 4.98 Å². The van der Waals surface area contributed by atoms with Crippen molar-refractivity contribution in [1.29, 1.82) is 0 Å². The van der Waals surface area contributed by atoms with E-state index in [1.54, 1.807) is 0 Å². The highest BCUT2D eigenvalue weighted by Gasteiger charge is 2.23. The maximum atomic E-state index is 5.88. The standard InChI is InChI=1S/C15H18N4O3/c1-8(2)12-9(3-4-10-13(12)21-6-5-20-10)22-11-7-18-15(17)19-14(11)16/h3-4,7-8H,5-6H2,1-2H3,(H4,16,17,18,19). The molecule has 1 aromatic carbocycles. The van der Waals surface area contributed by atoms with Crippen molar-refractivity contribution < 1.29 is 14.2 Å². The molecule has 0 aliphatic carbocycles. The molecule has 7 nitrogen and oxygen atoms in total. The van der Waals surface area contributed by atoms with Crippen LogP contribution in [0.5, 0.6) is 23.0 Å². The molecular formula is C15H18N4O3. The molecule has 0 unspecified atom stereocenters. The molecule has 7 heteroatoms. The Morgan fingerprint density at radius 3 is 2.64 bits per heavy atom. The highest BCUT2D eigenvalue weighted by atomic mass is 16.6. The van der Waals surface area contributed by atoms with E-state index >= 15 is 0 Å². The van der Waals surface area contributed by atoms with Crippen LogP contribution in [0.4, 0.5) is 11.8 Å². The largest absolute Gasteiger partial charge is 0.486 e. The Balaban J connectivity index is 2.03. The average molecular weight is 302 g/mol. The summed E-state index contributed by atoms with van der Waals surface area (Å²) in [5, 5.41) is 0. The van der Waals surface area contributed by atoms with Crippen LogP contribution < -0.4 is 25.7 Å². The zero-order chi connectivity index (χ0) is 15.7. The summed E-state index contributed by atoms with van der Waals surface area (Å²) in [5.74, 6) is 2.92. The Morgan fingerprint density at radius 2 is 1.91 bits per heavy atom. The summed E-state index contributed by atoms with van der Waals surface area (Å²) in [6.07, 6.45) is 1.46. The summed E-state index contributed by atoms with van der Waals surface area (Å²) in [5.41, 5.74) is 12.2. The number of aromatic nitrogens is 2. The number of nitrogen functional groups attached to an aromatic ring is 2. The van der Waals surface area contributed by atoms with Crippen molar-refractivity contribution in [1.82, 2.24) is 9.97 Å². The zero-order valence-corrected chi connectivity index (χ0v) is 12.5. The van der Waals surface area contributed by atoms with E-state index in [1.807, 2.05) is 12.1 Å². The summed E-state index contributed by atoms with van der Waals surface area (Å²) in [6.45, 7) is 5.18. The van der Waals surface area contributed by atoms with Crippen LogP contribution in [0.3, 0.4) is 0 Å². The molecule has 1 aliphatic heterocycles. The monoisotopic (exact) mass is 302 g/mol. The summed E-state index contributed by atoms with van der Waals surface area (Å²) in [6, 6.07) is 3.66. The van der Waals surface area contributed by atoms with Crippen LogP contribution >= 0.6 is 0 Å². The lowest BCUT2D eigenvalue weighted by atomic mass is 10.00. The molecule has 0 saturated heterocycles. The quantitative estimate of drug-likeness (QED) is 0.896. The second-order valence-corrected chi connectivity index (χ2v) is 5.24. The molecule has 1 aliphatic rings. The fourth-order valence-corrected chi connectivity index (χ4v) is 2.35. The molecule has 116 valence electrons. The Kier molecular flexibility index (Phi) is 3.62. The Bertz CT molecular complexity index is 703. The van der Waals surface area contributed by atoms with Gasteiger partial charge in [-0.05, 0) is 18.1 Å². The van der Waals surface area contributed by atoms with Gasteiger partial charge in [-0.3, -0.25) is 0 Å². The van der Waals surface area contributed by atoms with Crippen LogP contribution in [-0.2, 0) is 0 Å². The molecule has 2 heterocycles. The van der Waals surface area contributed by atoms with Crippen molar-refractivity contribution in [2.75, 3.05) is 24.7 Å². The Hall–Kier alpha value is -2.70. The fourth-order valence-electron chi connectivity index (χ4n) is 2.35. The van der Waals surface area contributed by atoms with Gasteiger partial charge in [0.25, 0.3) is 0 Å². The van der Waals surface area contributed by atoms with Gasteiger partial charge in [0.1, 0.15) is 19.0 Å². The van der Waals surface area contributed by atoms with Crippen LogP contribution in [0.25, 0.3) is 0 Å². The lowest BCUT2D eigenvalue weighted by molar-refractivity contribution is 0.168. The predicted molar refractivity (Wildman–Crippen MR) is 82.5 cm³/mol. The zero-order valence-electron chi connectivity index (χ0n) is 12.5. The number of rotatable bonds is 3. The van der Waals surface area contributed by atoms with Gasteiger partial charge in [-0.15, -0.1) is 0 Å². The SMILES string of the molecule is CC(C)c1c(Oc2cnc(N)nc2N)ccc2c1OCCO2.